The van der Waals surface area contributed by atoms with Crippen LogP contribution >= 0.6 is 0 Å². The van der Waals surface area contributed by atoms with Gasteiger partial charge in [0.1, 0.15) is 11.6 Å². The van der Waals surface area contributed by atoms with E-state index in [4.69, 9.17) is 0 Å². The van der Waals surface area contributed by atoms with Crippen molar-refractivity contribution < 1.29 is 13.6 Å². The average Bonchev–Trinajstić information content (AvgIpc) is 2.27. The monoisotopic (exact) mass is 254 g/mol. The fourth-order valence-electron chi connectivity index (χ4n) is 2.24. The Balaban J connectivity index is 2.02. The van der Waals surface area contributed by atoms with Gasteiger partial charge in [-0.05, 0) is 38.4 Å². The van der Waals surface area contributed by atoms with Gasteiger partial charge < -0.3 is 10.6 Å². The highest BCUT2D eigenvalue weighted by molar-refractivity contribution is 5.92. The Labute approximate surface area is 105 Å². The molecule has 98 valence electrons. The summed E-state index contributed by atoms with van der Waals surface area (Å²) in [4.78, 5) is 12.0. The highest BCUT2D eigenvalue weighted by atomic mass is 19.1. The number of carbonyl (C=O) groups excluding carboxylic acids is 1. The third-order valence-electron chi connectivity index (χ3n) is 3.12. The van der Waals surface area contributed by atoms with Crippen LogP contribution in [-0.2, 0) is 4.79 Å². The lowest BCUT2D eigenvalue weighted by atomic mass is 9.92. The van der Waals surface area contributed by atoms with Crippen molar-refractivity contribution in [1.82, 2.24) is 5.32 Å². The maximum absolute atomic E-state index is 13.0. The molecule has 1 aliphatic heterocycles. The molecule has 0 aromatic heterocycles. The second kappa shape index (κ2) is 5.44. The van der Waals surface area contributed by atoms with Crippen molar-refractivity contribution >= 4 is 11.6 Å². The van der Waals surface area contributed by atoms with E-state index in [1.807, 2.05) is 6.92 Å². The van der Waals surface area contributed by atoms with Gasteiger partial charge in [0.25, 0.3) is 0 Å². The van der Waals surface area contributed by atoms with E-state index < -0.39 is 11.6 Å². The van der Waals surface area contributed by atoms with E-state index >= 15 is 0 Å². The minimum atomic E-state index is -0.691. The van der Waals surface area contributed by atoms with Crippen LogP contribution in [0.25, 0.3) is 0 Å². The summed E-state index contributed by atoms with van der Waals surface area (Å²) in [5, 5.41) is 5.82. The molecule has 5 heteroatoms. The van der Waals surface area contributed by atoms with Gasteiger partial charge in [0.15, 0.2) is 0 Å². The van der Waals surface area contributed by atoms with Gasteiger partial charge in [0.2, 0.25) is 5.91 Å². The van der Waals surface area contributed by atoms with Crippen LogP contribution in [0.1, 0.15) is 19.8 Å². The Morgan fingerprint density at radius 2 is 2.00 bits per heavy atom. The van der Waals surface area contributed by atoms with Crippen LogP contribution < -0.4 is 10.6 Å². The fraction of sp³-hybridized carbons (Fsp3) is 0.462. The second-order valence-electron chi connectivity index (χ2n) is 4.72. The van der Waals surface area contributed by atoms with Gasteiger partial charge in [-0.2, -0.15) is 0 Å². The van der Waals surface area contributed by atoms with E-state index in [0.29, 0.717) is 6.04 Å². The molecule has 2 N–H and O–H groups in total. The van der Waals surface area contributed by atoms with Crippen LogP contribution in [0, 0.1) is 17.6 Å². The van der Waals surface area contributed by atoms with Crippen molar-refractivity contribution in [1.29, 1.82) is 0 Å². The molecule has 0 radical (unpaired) electrons. The summed E-state index contributed by atoms with van der Waals surface area (Å²) in [5.74, 6) is -1.66. The Morgan fingerprint density at radius 1 is 1.33 bits per heavy atom. The number of halogens is 2. The number of anilines is 1. The summed E-state index contributed by atoms with van der Waals surface area (Å²) in [6.07, 6.45) is 1.48. The summed E-state index contributed by atoms with van der Waals surface area (Å²) >= 11 is 0. The largest absolute Gasteiger partial charge is 0.326 e. The summed E-state index contributed by atoms with van der Waals surface area (Å²) in [6, 6.07) is 3.30. The number of nitrogens with one attached hydrogen (secondary N) is 2. The van der Waals surface area contributed by atoms with Gasteiger partial charge in [-0.15, -0.1) is 0 Å². The number of benzene rings is 1. The van der Waals surface area contributed by atoms with E-state index in [1.165, 1.54) is 0 Å². The molecular formula is C13H16F2N2O. The highest BCUT2D eigenvalue weighted by Crippen LogP contribution is 2.19. The smallest absolute Gasteiger partial charge is 0.227 e. The summed E-state index contributed by atoms with van der Waals surface area (Å²) in [5.41, 5.74) is 0.170. The molecule has 1 fully saturated rings. The molecule has 1 aromatic carbocycles. The van der Waals surface area contributed by atoms with Gasteiger partial charge >= 0.3 is 0 Å². The molecule has 2 atom stereocenters. The molecule has 3 nitrogen and oxygen atoms in total. The first-order chi connectivity index (χ1) is 8.54. The van der Waals surface area contributed by atoms with Crippen LogP contribution in [0.15, 0.2) is 18.2 Å². The topological polar surface area (TPSA) is 41.1 Å². The number of hydrogen-bond acceptors (Lipinski definition) is 2. The molecule has 2 rings (SSSR count). The van der Waals surface area contributed by atoms with E-state index in [0.717, 1.165) is 37.6 Å². The van der Waals surface area contributed by atoms with Crippen LogP contribution in [-0.4, -0.2) is 18.5 Å². The third-order valence-corrected chi connectivity index (χ3v) is 3.12. The van der Waals surface area contributed by atoms with Crippen molar-refractivity contribution in [3.8, 4) is 0 Å². The first-order valence-corrected chi connectivity index (χ1v) is 6.05. The maximum Gasteiger partial charge on any atom is 0.227 e. The van der Waals surface area contributed by atoms with Crippen LogP contribution in [0.2, 0.25) is 0 Å². The fourth-order valence-corrected chi connectivity index (χ4v) is 2.24. The molecular weight excluding hydrogens is 238 g/mol. The molecule has 1 amide bonds. The minimum Gasteiger partial charge on any atom is -0.326 e. The van der Waals surface area contributed by atoms with Gasteiger partial charge in [0, 0.05) is 23.7 Å². The number of carbonyl (C=O) groups is 1. The normalized spacial score (nSPS) is 23.7. The first-order valence-electron chi connectivity index (χ1n) is 6.05. The predicted octanol–water partition coefficient (Wildman–Crippen LogP) is 2.29. The van der Waals surface area contributed by atoms with Gasteiger partial charge in [-0.25, -0.2) is 8.78 Å². The molecule has 1 heterocycles. The molecule has 0 spiro atoms. The molecule has 2 unspecified atom stereocenters. The van der Waals surface area contributed by atoms with E-state index in [1.54, 1.807) is 0 Å². The van der Waals surface area contributed by atoms with Crippen molar-refractivity contribution in [3.05, 3.63) is 29.8 Å². The summed E-state index contributed by atoms with van der Waals surface area (Å²) in [6.45, 7) is 2.80. The lowest BCUT2D eigenvalue weighted by Crippen LogP contribution is -2.40. The molecule has 1 saturated heterocycles. The zero-order valence-corrected chi connectivity index (χ0v) is 10.2. The molecule has 1 aromatic rings. The minimum absolute atomic E-state index is 0.104. The van der Waals surface area contributed by atoms with Gasteiger partial charge in [-0.3, -0.25) is 4.79 Å². The standard InChI is InChI=1S/C13H16F2N2O/c1-8-4-9(2-3-16-8)13(18)17-12-6-10(14)5-11(15)7-12/h5-9,16H,2-4H2,1H3,(H,17,18). The van der Waals surface area contributed by atoms with E-state index in [-0.39, 0.29) is 17.5 Å². The molecule has 1 aliphatic rings. The lowest BCUT2D eigenvalue weighted by molar-refractivity contribution is -0.120. The summed E-state index contributed by atoms with van der Waals surface area (Å²) < 4.78 is 26.0. The number of piperidine rings is 1. The van der Waals surface area contributed by atoms with E-state index in [2.05, 4.69) is 10.6 Å². The third kappa shape index (κ3) is 3.26. The Hall–Kier alpha value is -1.49. The Bertz CT molecular complexity index is 430. The Morgan fingerprint density at radius 3 is 2.61 bits per heavy atom. The maximum atomic E-state index is 13.0. The second-order valence-corrected chi connectivity index (χ2v) is 4.72. The van der Waals surface area contributed by atoms with Gasteiger partial charge in [0.05, 0.1) is 0 Å². The molecule has 0 bridgehead atoms. The van der Waals surface area contributed by atoms with Crippen molar-refractivity contribution in [3.63, 3.8) is 0 Å². The molecule has 0 saturated carbocycles. The molecule has 18 heavy (non-hydrogen) atoms. The van der Waals surface area contributed by atoms with Crippen LogP contribution in [0.5, 0.6) is 0 Å². The number of amides is 1. The number of rotatable bonds is 2. The average molecular weight is 254 g/mol. The predicted molar refractivity (Wildman–Crippen MR) is 65.2 cm³/mol. The first kappa shape index (κ1) is 13.0. The van der Waals surface area contributed by atoms with Gasteiger partial charge in [-0.1, -0.05) is 0 Å². The van der Waals surface area contributed by atoms with Crippen LogP contribution in [0.4, 0.5) is 14.5 Å². The quantitative estimate of drug-likeness (QED) is 0.850. The lowest BCUT2D eigenvalue weighted by Gasteiger charge is -2.27. The number of hydrogen-bond donors (Lipinski definition) is 2. The van der Waals surface area contributed by atoms with E-state index in [9.17, 15) is 13.6 Å². The SMILES string of the molecule is CC1CC(C(=O)Nc2cc(F)cc(F)c2)CCN1. The zero-order chi connectivity index (χ0) is 13.1. The zero-order valence-electron chi connectivity index (χ0n) is 10.2. The molecule has 0 aliphatic carbocycles. The van der Waals surface area contributed by atoms with Crippen molar-refractivity contribution in [2.45, 2.75) is 25.8 Å². The Kier molecular flexibility index (Phi) is 3.91. The highest BCUT2D eigenvalue weighted by Gasteiger charge is 2.24. The van der Waals surface area contributed by atoms with Crippen molar-refractivity contribution in [2.75, 3.05) is 11.9 Å². The van der Waals surface area contributed by atoms with Crippen LogP contribution in [0.3, 0.4) is 0 Å². The summed E-state index contributed by atoms with van der Waals surface area (Å²) in [7, 11) is 0. The van der Waals surface area contributed by atoms with Crippen molar-refractivity contribution in [2.24, 2.45) is 5.92 Å².